The van der Waals surface area contributed by atoms with E-state index >= 15 is 0 Å². The second kappa shape index (κ2) is 7.79. The van der Waals surface area contributed by atoms with Gasteiger partial charge in [0.15, 0.2) is 6.04 Å². The second-order valence-corrected chi connectivity index (χ2v) is 11.8. The molecule has 6 nitrogen and oxygen atoms in total. The van der Waals surface area contributed by atoms with E-state index < -0.39 is 33.0 Å². The summed E-state index contributed by atoms with van der Waals surface area (Å²) >= 11 is 0. The van der Waals surface area contributed by atoms with Crippen molar-refractivity contribution in [2.75, 3.05) is 13.2 Å². The summed E-state index contributed by atoms with van der Waals surface area (Å²) in [6.45, 7) is 13.4. The van der Waals surface area contributed by atoms with Crippen LogP contribution in [0.2, 0.25) is 18.1 Å². The van der Waals surface area contributed by atoms with Crippen LogP contribution in [0.4, 0.5) is 4.79 Å². The van der Waals surface area contributed by atoms with E-state index in [1.54, 1.807) is 0 Å². The molecule has 124 valence electrons. The molecule has 2 N–H and O–H groups in total. The summed E-state index contributed by atoms with van der Waals surface area (Å²) in [5.74, 6) is -0.423. The summed E-state index contributed by atoms with van der Waals surface area (Å²) in [6.07, 6.45) is -0.727. The molecule has 21 heavy (non-hydrogen) atoms. The zero-order valence-electron chi connectivity index (χ0n) is 14.1. The van der Waals surface area contributed by atoms with Crippen LogP contribution in [0.25, 0.3) is 0 Å². The van der Waals surface area contributed by atoms with Gasteiger partial charge in [-0.2, -0.15) is 0 Å². The Kier molecular flexibility index (Phi) is 7.39. The molecule has 7 heteroatoms. The van der Waals surface area contributed by atoms with Gasteiger partial charge in [-0.05, 0) is 24.1 Å². The van der Waals surface area contributed by atoms with Crippen molar-refractivity contribution in [3.63, 3.8) is 0 Å². The monoisotopic (exact) mass is 319 g/mol. The lowest BCUT2D eigenvalue weighted by molar-refractivity contribution is -0.138. The predicted molar refractivity (Wildman–Crippen MR) is 83.5 cm³/mol. The quantitative estimate of drug-likeness (QED) is 0.734. The zero-order valence-corrected chi connectivity index (χ0v) is 15.1. The lowest BCUT2D eigenvalue weighted by Crippen LogP contribution is -2.51. The molecule has 0 aliphatic rings. The number of rotatable bonds is 6. The fraction of sp³-hybridized carbons (Fsp3) is 0.857. The van der Waals surface area contributed by atoms with E-state index in [1.807, 2.05) is 47.7 Å². The van der Waals surface area contributed by atoms with Gasteiger partial charge in [0.2, 0.25) is 0 Å². The Labute approximate surface area is 128 Å². The standard InChI is InChI=1S/C14H29NO5Si/c1-10(2)9-19-13(18)15-11(8-16)12(17)20-21(6,7)14(3,4)5/h10-11,16H,8-9H2,1-7H3,(H,15,18). The van der Waals surface area contributed by atoms with Crippen molar-refractivity contribution >= 4 is 20.4 Å². The molecule has 0 aliphatic carbocycles. The van der Waals surface area contributed by atoms with Crippen molar-refractivity contribution in [1.82, 2.24) is 5.32 Å². The highest BCUT2D eigenvalue weighted by Gasteiger charge is 2.41. The summed E-state index contributed by atoms with van der Waals surface area (Å²) in [5, 5.41) is 11.5. The van der Waals surface area contributed by atoms with Gasteiger partial charge < -0.3 is 19.6 Å². The summed E-state index contributed by atoms with van der Waals surface area (Å²) in [7, 11) is -2.29. The molecule has 0 radical (unpaired) electrons. The third kappa shape index (κ3) is 6.95. The Morgan fingerprint density at radius 2 is 1.76 bits per heavy atom. The first-order valence-corrected chi connectivity index (χ1v) is 10.1. The molecule has 1 atom stereocenters. The predicted octanol–water partition coefficient (Wildman–Crippen LogP) is 2.28. The fourth-order valence-corrected chi connectivity index (χ4v) is 2.03. The number of aliphatic hydroxyl groups excluding tert-OH is 1. The molecule has 0 saturated carbocycles. The number of alkyl carbamates (subject to hydrolysis) is 1. The van der Waals surface area contributed by atoms with E-state index in [-0.39, 0.29) is 17.6 Å². The van der Waals surface area contributed by atoms with Crippen molar-refractivity contribution in [1.29, 1.82) is 0 Å². The van der Waals surface area contributed by atoms with Crippen LogP contribution in [0, 0.1) is 5.92 Å². The Balaban J connectivity index is 4.60. The third-order valence-corrected chi connectivity index (χ3v) is 7.79. The highest BCUT2D eigenvalue weighted by Crippen LogP contribution is 2.36. The SMILES string of the molecule is CC(C)COC(=O)NC(CO)C(=O)O[Si](C)(C)C(C)(C)C. The molecule has 0 aromatic heterocycles. The molecule has 1 unspecified atom stereocenters. The summed E-state index contributed by atoms with van der Waals surface area (Å²) in [4.78, 5) is 23.6. The first-order chi connectivity index (χ1) is 9.40. The lowest BCUT2D eigenvalue weighted by atomic mass is 10.2. The summed E-state index contributed by atoms with van der Waals surface area (Å²) in [6, 6.07) is -1.10. The number of hydrogen-bond acceptors (Lipinski definition) is 5. The maximum absolute atomic E-state index is 12.1. The number of carbonyl (C=O) groups is 2. The van der Waals surface area contributed by atoms with Gasteiger partial charge in [0.1, 0.15) is 0 Å². The molecule has 0 aromatic rings. The van der Waals surface area contributed by atoms with Crippen LogP contribution in [0.1, 0.15) is 34.6 Å². The number of amides is 1. The van der Waals surface area contributed by atoms with Crippen LogP contribution in [0.5, 0.6) is 0 Å². The van der Waals surface area contributed by atoms with E-state index in [0.717, 1.165) is 0 Å². The molecule has 0 spiro atoms. The maximum Gasteiger partial charge on any atom is 0.407 e. The van der Waals surface area contributed by atoms with Gasteiger partial charge in [0.25, 0.3) is 8.32 Å². The number of aliphatic hydroxyl groups is 1. The minimum Gasteiger partial charge on any atom is -0.518 e. The Hall–Kier alpha value is -1.08. The first-order valence-electron chi connectivity index (χ1n) is 7.17. The van der Waals surface area contributed by atoms with Gasteiger partial charge in [-0.15, -0.1) is 0 Å². The summed E-state index contributed by atoms with van der Waals surface area (Å²) in [5.41, 5.74) is 0. The molecular formula is C14H29NO5Si. The Morgan fingerprint density at radius 1 is 1.24 bits per heavy atom. The zero-order chi connectivity index (χ0) is 16.8. The van der Waals surface area contributed by atoms with E-state index in [0.29, 0.717) is 0 Å². The van der Waals surface area contributed by atoms with Crippen molar-refractivity contribution in [2.45, 2.75) is 58.8 Å². The molecule has 0 bridgehead atoms. The Morgan fingerprint density at radius 3 is 2.14 bits per heavy atom. The largest absolute Gasteiger partial charge is 0.518 e. The average Bonchev–Trinajstić information content (AvgIpc) is 2.31. The molecular weight excluding hydrogens is 290 g/mol. The van der Waals surface area contributed by atoms with Gasteiger partial charge >= 0.3 is 12.1 Å². The van der Waals surface area contributed by atoms with Crippen molar-refractivity contribution < 1.29 is 23.9 Å². The number of ether oxygens (including phenoxy) is 1. The molecule has 0 saturated heterocycles. The van der Waals surface area contributed by atoms with E-state index in [1.165, 1.54) is 0 Å². The van der Waals surface area contributed by atoms with Gasteiger partial charge in [-0.3, -0.25) is 4.79 Å². The van der Waals surface area contributed by atoms with Gasteiger partial charge in [0.05, 0.1) is 13.2 Å². The van der Waals surface area contributed by atoms with Crippen LogP contribution in [0.3, 0.4) is 0 Å². The lowest BCUT2D eigenvalue weighted by Gasteiger charge is -2.36. The van der Waals surface area contributed by atoms with Crippen molar-refractivity contribution in [3.05, 3.63) is 0 Å². The van der Waals surface area contributed by atoms with Crippen molar-refractivity contribution in [2.24, 2.45) is 5.92 Å². The number of hydrogen-bond donors (Lipinski definition) is 2. The third-order valence-electron chi connectivity index (χ3n) is 3.47. The summed E-state index contributed by atoms with van der Waals surface area (Å²) < 4.78 is 10.5. The van der Waals surface area contributed by atoms with Crippen molar-refractivity contribution in [3.8, 4) is 0 Å². The van der Waals surface area contributed by atoms with Crippen LogP contribution in [-0.4, -0.2) is 44.7 Å². The van der Waals surface area contributed by atoms with Crippen LogP contribution < -0.4 is 5.32 Å². The minimum atomic E-state index is -2.29. The molecule has 0 rings (SSSR count). The average molecular weight is 319 g/mol. The van der Waals surface area contributed by atoms with E-state index in [9.17, 15) is 14.7 Å². The molecule has 0 fully saturated rings. The highest BCUT2D eigenvalue weighted by atomic mass is 28.4. The van der Waals surface area contributed by atoms with Crippen LogP contribution >= 0.6 is 0 Å². The molecule has 0 heterocycles. The normalized spacial score (nSPS) is 13.8. The minimum absolute atomic E-state index is 0.138. The molecule has 1 amide bonds. The Bertz CT molecular complexity index is 363. The highest BCUT2D eigenvalue weighted by molar-refractivity contribution is 6.75. The number of carbonyl (C=O) groups excluding carboxylic acids is 2. The topological polar surface area (TPSA) is 84.9 Å². The van der Waals surface area contributed by atoms with Gasteiger partial charge in [-0.1, -0.05) is 34.6 Å². The number of nitrogens with one attached hydrogen (secondary N) is 1. The maximum atomic E-state index is 12.1. The first kappa shape index (κ1) is 19.9. The van der Waals surface area contributed by atoms with E-state index in [2.05, 4.69) is 5.32 Å². The smallest absolute Gasteiger partial charge is 0.407 e. The van der Waals surface area contributed by atoms with Gasteiger partial charge in [-0.25, -0.2) is 4.79 Å². The molecule has 0 aliphatic heterocycles. The molecule has 0 aromatic carbocycles. The van der Waals surface area contributed by atoms with Crippen LogP contribution in [-0.2, 0) is 14.0 Å². The second-order valence-electron chi connectivity index (χ2n) is 7.05. The fourth-order valence-electron chi connectivity index (χ4n) is 1.08. The van der Waals surface area contributed by atoms with Crippen LogP contribution in [0.15, 0.2) is 0 Å². The van der Waals surface area contributed by atoms with E-state index in [4.69, 9.17) is 9.16 Å². The van der Waals surface area contributed by atoms with Gasteiger partial charge in [0, 0.05) is 0 Å².